The smallest absolute Gasteiger partial charge is 0.335 e. The molecule has 0 radical (unpaired) electrons. The number of hydrogen-bond acceptors (Lipinski definition) is 7. The number of aliphatic hydroxyl groups excluding tert-OH is 2. The van der Waals surface area contributed by atoms with Crippen LogP contribution >= 0.6 is 0 Å². The second kappa shape index (κ2) is 9.87. The molecule has 4 aliphatic rings. The molecule has 1 aliphatic heterocycles. The molecule has 5 N–H and O–H groups in total. The fourth-order valence-corrected chi connectivity index (χ4v) is 6.91. The lowest BCUT2D eigenvalue weighted by Crippen LogP contribution is -2.64. The average molecular weight is 490 g/mol. The normalized spacial score (nSPS) is 31.6. The molecule has 0 spiro atoms. The van der Waals surface area contributed by atoms with Gasteiger partial charge in [-0.25, -0.2) is 9.59 Å². The van der Waals surface area contributed by atoms with Crippen molar-refractivity contribution >= 4 is 17.7 Å². The number of phenols is 1. The van der Waals surface area contributed by atoms with E-state index in [0.717, 1.165) is 31.7 Å². The Bertz CT molecular complexity index is 974. The number of carboxylic acids is 2. The van der Waals surface area contributed by atoms with E-state index in [1.54, 1.807) is 0 Å². The predicted molar refractivity (Wildman–Crippen MR) is 125 cm³/mol. The number of aliphatic carboxylic acids is 2. The first-order valence-electron chi connectivity index (χ1n) is 12.4. The van der Waals surface area contributed by atoms with E-state index in [1.807, 2.05) is 12.1 Å². The van der Waals surface area contributed by atoms with Crippen LogP contribution in [0.2, 0.25) is 0 Å². The molecule has 3 aliphatic carbocycles. The second-order valence-electron chi connectivity index (χ2n) is 10.8. The summed E-state index contributed by atoms with van der Waals surface area (Å²) in [7, 11) is 0. The maximum Gasteiger partial charge on any atom is 0.335 e. The summed E-state index contributed by atoms with van der Waals surface area (Å²) in [5.41, 5.74) is 2.64. The first-order chi connectivity index (χ1) is 16.5. The van der Waals surface area contributed by atoms with E-state index in [1.165, 1.54) is 36.9 Å². The molecule has 1 aromatic rings. The highest BCUT2D eigenvalue weighted by Crippen LogP contribution is 2.57. The number of benzene rings is 1. The standard InChI is InChI=1S/C22H29NO2.C4H6O6/c1-14-9-18(25)12-22-7-8-23(13-15-3-2-4-15)20(21(14)22)10-16-5-6-17(24)11-19(16)22;5-1(3(7)8)2(6)4(9)10/h5-6,11,14-15,20-21,24H,2-4,7-10,12-13H2,1H3;1-2,5-6H,(H,7,8)(H,9,10)/t14-,20?,21-,22?;/m0./s1. The number of piperidine rings is 1. The summed E-state index contributed by atoms with van der Waals surface area (Å²) >= 11 is 0. The Labute approximate surface area is 204 Å². The SMILES string of the molecule is C[C@H]1CC(=O)CC23CCN(CC4CCC4)C(Cc4ccc(O)cc42)[C@H]13.O=C(O)C(O)C(O)C(=O)O. The number of likely N-dealkylation sites (tertiary alicyclic amines) is 1. The first kappa shape index (κ1) is 25.6. The quantitative estimate of drug-likeness (QED) is 0.414. The topological polar surface area (TPSA) is 156 Å². The summed E-state index contributed by atoms with van der Waals surface area (Å²) in [6.45, 7) is 4.67. The van der Waals surface area contributed by atoms with E-state index in [2.05, 4.69) is 17.9 Å². The minimum absolute atomic E-state index is 0.0259. The molecule has 6 atom stereocenters. The summed E-state index contributed by atoms with van der Waals surface area (Å²) in [4.78, 5) is 34.9. The summed E-state index contributed by atoms with van der Waals surface area (Å²) in [6.07, 6.45) is 3.27. The zero-order valence-electron chi connectivity index (χ0n) is 20.0. The van der Waals surface area contributed by atoms with Crippen LogP contribution in [0.25, 0.3) is 0 Å². The van der Waals surface area contributed by atoms with Crippen molar-refractivity contribution in [2.45, 2.75) is 75.5 Å². The zero-order valence-corrected chi connectivity index (χ0v) is 20.0. The fourth-order valence-electron chi connectivity index (χ4n) is 6.91. The number of fused-ring (bicyclic) bond motifs is 1. The number of Topliss-reactive ketones (excluding diaryl/α,β-unsaturated/α-hetero) is 1. The number of hydrogen-bond donors (Lipinski definition) is 5. The van der Waals surface area contributed by atoms with E-state index in [0.29, 0.717) is 35.8 Å². The third-order valence-electron chi connectivity index (χ3n) is 8.62. The minimum Gasteiger partial charge on any atom is -0.508 e. The molecule has 192 valence electrons. The Morgan fingerprint density at radius 1 is 1.11 bits per heavy atom. The highest BCUT2D eigenvalue weighted by atomic mass is 16.4. The number of rotatable bonds is 5. The summed E-state index contributed by atoms with van der Waals surface area (Å²) in [6, 6.07) is 6.50. The van der Waals surface area contributed by atoms with Gasteiger partial charge in [0.05, 0.1) is 0 Å². The van der Waals surface area contributed by atoms with Crippen LogP contribution in [-0.2, 0) is 26.2 Å². The monoisotopic (exact) mass is 489 g/mol. The minimum atomic E-state index is -2.27. The summed E-state index contributed by atoms with van der Waals surface area (Å²) in [5, 5.41) is 42.6. The van der Waals surface area contributed by atoms with Crippen molar-refractivity contribution in [2.24, 2.45) is 17.8 Å². The molecule has 2 saturated carbocycles. The Kier molecular flexibility index (Phi) is 7.22. The number of carbonyl (C=O) groups is 3. The van der Waals surface area contributed by atoms with Crippen molar-refractivity contribution in [3.8, 4) is 5.75 Å². The highest BCUT2D eigenvalue weighted by molar-refractivity contribution is 5.83. The Balaban J connectivity index is 0.000000248. The van der Waals surface area contributed by atoms with Crippen LogP contribution < -0.4 is 0 Å². The van der Waals surface area contributed by atoms with Gasteiger partial charge in [0.15, 0.2) is 12.2 Å². The molecule has 1 saturated heterocycles. The summed E-state index contributed by atoms with van der Waals surface area (Å²) < 4.78 is 0. The third kappa shape index (κ3) is 4.81. The van der Waals surface area contributed by atoms with E-state index in [-0.39, 0.29) is 5.41 Å². The maximum absolute atomic E-state index is 12.6. The largest absolute Gasteiger partial charge is 0.508 e. The van der Waals surface area contributed by atoms with Crippen molar-refractivity contribution in [3.05, 3.63) is 29.3 Å². The Morgan fingerprint density at radius 2 is 1.77 bits per heavy atom. The molecule has 2 bridgehead atoms. The van der Waals surface area contributed by atoms with Gasteiger partial charge >= 0.3 is 11.9 Å². The molecule has 35 heavy (non-hydrogen) atoms. The van der Waals surface area contributed by atoms with Gasteiger partial charge in [0.2, 0.25) is 0 Å². The molecular weight excluding hydrogens is 454 g/mol. The maximum atomic E-state index is 12.6. The van der Waals surface area contributed by atoms with Crippen LogP contribution in [0, 0.1) is 17.8 Å². The molecule has 9 heteroatoms. The van der Waals surface area contributed by atoms with Gasteiger partial charge in [0, 0.05) is 30.8 Å². The van der Waals surface area contributed by atoms with Crippen LogP contribution in [0.3, 0.4) is 0 Å². The zero-order chi connectivity index (χ0) is 25.5. The Morgan fingerprint density at radius 3 is 2.34 bits per heavy atom. The first-order valence-corrected chi connectivity index (χ1v) is 12.4. The summed E-state index contributed by atoms with van der Waals surface area (Å²) in [5.74, 6) is -0.850. The third-order valence-corrected chi connectivity index (χ3v) is 8.62. The van der Waals surface area contributed by atoms with Gasteiger partial charge in [-0.3, -0.25) is 9.69 Å². The van der Waals surface area contributed by atoms with Crippen LogP contribution in [0.4, 0.5) is 0 Å². The number of ketones is 1. The highest BCUT2D eigenvalue weighted by Gasteiger charge is 2.58. The van der Waals surface area contributed by atoms with E-state index < -0.39 is 24.1 Å². The van der Waals surface area contributed by atoms with Crippen molar-refractivity contribution in [3.63, 3.8) is 0 Å². The number of aliphatic hydroxyl groups is 2. The Hall–Kier alpha value is -2.49. The molecule has 5 rings (SSSR count). The van der Waals surface area contributed by atoms with Gasteiger partial charge in [-0.05, 0) is 73.2 Å². The van der Waals surface area contributed by atoms with Gasteiger partial charge < -0.3 is 25.5 Å². The molecular formula is C26H35NO8. The predicted octanol–water partition coefficient (Wildman–Crippen LogP) is 1.55. The number of carboxylic acid groups (broad SMARTS) is 2. The molecule has 0 aromatic heterocycles. The number of carbonyl (C=O) groups excluding carboxylic acids is 1. The van der Waals surface area contributed by atoms with Crippen LogP contribution in [0.1, 0.15) is 56.6 Å². The van der Waals surface area contributed by atoms with Crippen molar-refractivity contribution in [1.29, 1.82) is 0 Å². The molecule has 3 fully saturated rings. The number of aromatic hydroxyl groups is 1. The number of nitrogens with zero attached hydrogens (tertiary/aromatic N) is 1. The van der Waals surface area contributed by atoms with E-state index in [4.69, 9.17) is 20.4 Å². The van der Waals surface area contributed by atoms with Gasteiger partial charge in [0.1, 0.15) is 11.5 Å². The van der Waals surface area contributed by atoms with Gasteiger partial charge in [-0.15, -0.1) is 0 Å². The second-order valence-corrected chi connectivity index (χ2v) is 10.8. The number of phenolic OH excluding ortho intramolecular Hbond substituents is 1. The molecule has 9 nitrogen and oxygen atoms in total. The fraction of sp³-hybridized carbons (Fsp3) is 0.654. The van der Waals surface area contributed by atoms with Crippen LogP contribution in [0.15, 0.2) is 18.2 Å². The van der Waals surface area contributed by atoms with Gasteiger partial charge in [-0.1, -0.05) is 19.4 Å². The van der Waals surface area contributed by atoms with Crippen LogP contribution in [0.5, 0.6) is 5.75 Å². The lowest BCUT2D eigenvalue weighted by atomic mass is 9.49. The van der Waals surface area contributed by atoms with E-state index in [9.17, 15) is 19.5 Å². The van der Waals surface area contributed by atoms with Crippen molar-refractivity contribution < 1.29 is 39.9 Å². The molecule has 0 amide bonds. The van der Waals surface area contributed by atoms with Crippen molar-refractivity contribution in [2.75, 3.05) is 13.1 Å². The van der Waals surface area contributed by atoms with Gasteiger partial charge in [0.25, 0.3) is 0 Å². The molecule has 1 heterocycles. The average Bonchev–Trinajstić information content (AvgIpc) is 2.76. The molecule has 4 unspecified atom stereocenters. The van der Waals surface area contributed by atoms with E-state index >= 15 is 0 Å². The molecule has 1 aromatic carbocycles. The van der Waals surface area contributed by atoms with Crippen LogP contribution in [-0.4, -0.2) is 79.5 Å². The lowest BCUT2D eigenvalue weighted by molar-refractivity contribution is -0.165. The van der Waals surface area contributed by atoms with Gasteiger partial charge in [-0.2, -0.15) is 0 Å². The van der Waals surface area contributed by atoms with Crippen molar-refractivity contribution in [1.82, 2.24) is 4.90 Å². The lowest BCUT2D eigenvalue weighted by Gasteiger charge is -2.61.